The second-order valence-electron chi connectivity index (χ2n) is 4.56. The smallest absolute Gasteiger partial charge is 0.201 e. The van der Waals surface area contributed by atoms with E-state index in [4.69, 9.17) is 0 Å². The number of benzene rings is 2. The van der Waals surface area contributed by atoms with Crippen LogP contribution in [0.25, 0.3) is 0 Å². The first-order valence-electron chi connectivity index (χ1n) is 5.75. The van der Waals surface area contributed by atoms with E-state index in [1.807, 2.05) is 0 Å². The fraction of sp³-hybridized carbons (Fsp3) is 0.0667. The molecule has 3 rings (SSSR count). The summed E-state index contributed by atoms with van der Waals surface area (Å²) >= 11 is 0. The Balaban J connectivity index is 2.40. The minimum absolute atomic E-state index is 0.0374. The van der Waals surface area contributed by atoms with Gasteiger partial charge in [0.25, 0.3) is 0 Å². The van der Waals surface area contributed by atoms with Gasteiger partial charge in [-0.3, -0.25) is 9.59 Å². The SMILES string of the molecule is Cc1cc2c(c(O)[13cH]1)C(=O)c1c(O)cccc1C2=O. The maximum absolute atomic E-state index is 12.3. The highest BCUT2D eigenvalue weighted by Gasteiger charge is 2.34. The number of phenolic OH excluding ortho intramolecular Hbond substituents is 2. The van der Waals surface area contributed by atoms with Crippen molar-refractivity contribution in [3.8, 4) is 11.5 Å². The zero-order valence-corrected chi connectivity index (χ0v) is 10.1. The summed E-state index contributed by atoms with van der Waals surface area (Å²) in [5.74, 6) is -1.37. The van der Waals surface area contributed by atoms with E-state index in [1.54, 1.807) is 13.0 Å². The van der Waals surface area contributed by atoms with Crippen molar-refractivity contribution in [2.75, 3.05) is 0 Å². The molecular formula is C15H10O4. The van der Waals surface area contributed by atoms with E-state index in [9.17, 15) is 19.8 Å². The molecule has 0 saturated carbocycles. The summed E-state index contributed by atoms with van der Waals surface area (Å²) < 4.78 is 0. The highest BCUT2D eigenvalue weighted by atomic mass is 16.3. The largest absolute Gasteiger partial charge is 0.507 e. The molecule has 0 saturated heterocycles. The molecule has 0 fully saturated rings. The second kappa shape index (κ2) is 3.68. The number of hydrogen-bond donors (Lipinski definition) is 2. The molecule has 2 aromatic carbocycles. The standard InChI is InChI=1S/C15H10O4/c1-7-5-9-13(11(17)6-7)15(19)12-8(14(9)18)3-2-4-10(12)16/h2-6,16-17H,1H3/i6+1. The zero-order chi connectivity index (χ0) is 13.7. The summed E-state index contributed by atoms with van der Waals surface area (Å²) in [5, 5.41) is 19.6. The van der Waals surface area contributed by atoms with Gasteiger partial charge < -0.3 is 10.2 Å². The Morgan fingerprint density at radius 2 is 1.53 bits per heavy atom. The lowest BCUT2D eigenvalue weighted by Gasteiger charge is -2.19. The third kappa shape index (κ3) is 1.46. The van der Waals surface area contributed by atoms with Gasteiger partial charge in [0.15, 0.2) is 5.78 Å². The molecule has 94 valence electrons. The fourth-order valence-corrected chi connectivity index (χ4v) is 2.42. The van der Waals surface area contributed by atoms with E-state index < -0.39 is 5.78 Å². The van der Waals surface area contributed by atoms with Crippen molar-refractivity contribution in [1.82, 2.24) is 0 Å². The van der Waals surface area contributed by atoms with Crippen LogP contribution in [0.4, 0.5) is 0 Å². The van der Waals surface area contributed by atoms with Crippen LogP contribution in [-0.2, 0) is 0 Å². The predicted molar refractivity (Wildman–Crippen MR) is 67.8 cm³/mol. The number of carbonyl (C=O) groups excluding carboxylic acids is 2. The Kier molecular flexibility index (Phi) is 2.22. The number of fused-ring (bicyclic) bond motifs is 2. The molecule has 4 nitrogen and oxygen atoms in total. The van der Waals surface area contributed by atoms with Crippen LogP contribution in [0, 0.1) is 6.92 Å². The van der Waals surface area contributed by atoms with Crippen LogP contribution < -0.4 is 0 Å². The number of ketones is 2. The molecule has 0 amide bonds. The maximum Gasteiger partial charge on any atom is 0.201 e. The van der Waals surface area contributed by atoms with Gasteiger partial charge in [-0.15, -0.1) is 0 Å². The summed E-state index contributed by atoms with van der Waals surface area (Å²) in [6, 6.07) is 7.36. The van der Waals surface area contributed by atoms with Gasteiger partial charge >= 0.3 is 0 Å². The summed E-state index contributed by atoms with van der Waals surface area (Å²) in [6.07, 6.45) is 0. The van der Waals surface area contributed by atoms with Crippen molar-refractivity contribution in [1.29, 1.82) is 0 Å². The Morgan fingerprint density at radius 1 is 0.842 bits per heavy atom. The molecule has 4 heteroatoms. The zero-order valence-electron chi connectivity index (χ0n) is 10.1. The summed E-state index contributed by atoms with van der Waals surface area (Å²) in [6.45, 7) is 1.73. The van der Waals surface area contributed by atoms with Crippen molar-refractivity contribution >= 4 is 11.6 Å². The minimum atomic E-state index is -0.528. The summed E-state index contributed by atoms with van der Waals surface area (Å²) in [5.41, 5.74) is 0.966. The lowest BCUT2D eigenvalue weighted by molar-refractivity contribution is 0.0974. The molecule has 0 atom stereocenters. The molecule has 0 heterocycles. The van der Waals surface area contributed by atoms with Crippen molar-refractivity contribution < 1.29 is 19.8 Å². The number of phenols is 2. The summed E-state index contributed by atoms with van der Waals surface area (Å²) in [4.78, 5) is 24.7. The normalized spacial score (nSPS) is 13.1. The van der Waals surface area contributed by atoms with Crippen LogP contribution in [0.5, 0.6) is 11.5 Å². The minimum Gasteiger partial charge on any atom is -0.507 e. The van der Waals surface area contributed by atoms with Gasteiger partial charge in [-0.1, -0.05) is 12.1 Å². The lowest BCUT2D eigenvalue weighted by atomic mass is 9.83. The van der Waals surface area contributed by atoms with Crippen LogP contribution in [0.2, 0.25) is 0 Å². The lowest BCUT2D eigenvalue weighted by Crippen LogP contribution is -2.21. The van der Waals surface area contributed by atoms with Crippen molar-refractivity contribution in [2.24, 2.45) is 0 Å². The first kappa shape index (κ1) is 11.5. The van der Waals surface area contributed by atoms with Gasteiger partial charge in [-0.05, 0) is 30.7 Å². The molecule has 0 radical (unpaired) electrons. The van der Waals surface area contributed by atoms with Crippen molar-refractivity contribution in [2.45, 2.75) is 6.92 Å². The molecular weight excluding hydrogens is 245 g/mol. The quantitative estimate of drug-likeness (QED) is 0.645. The molecule has 0 aromatic heterocycles. The number of aromatic hydroxyl groups is 2. The van der Waals surface area contributed by atoms with Crippen LogP contribution >= 0.6 is 0 Å². The third-order valence-corrected chi connectivity index (χ3v) is 3.25. The van der Waals surface area contributed by atoms with E-state index >= 15 is 0 Å². The van der Waals surface area contributed by atoms with Gasteiger partial charge in [0.05, 0.1) is 11.1 Å². The first-order valence-corrected chi connectivity index (χ1v) is 5.75. The van der Waals surface area contributed by atoms with E-state index in [1.165, 1.54) is 24.3 Å². The molecule has 0 aliphatic heterocycles. The first-order chi connectivity index (χ1) is 9.00. The molecule has 1 aliphatic carbocycles. The highest BCUT2D eigenvalue weighted by Crippen LogP contribution is 2.36. The van der Waals surface area contributed by atoms with Crippen LogP contribution in [0.1, 0.15) is 37.4 Å². The van der Waals surface area contributed by atoms with Crippen molar-refractivity contribution in [3.63, 3.8) is 0 Å². The van der Waals surface area contributed by atoms with E-state index in [0.29, 0.717) is 5.56 Å². The van der Waals surface area contributed by atoms with Gasteiger partial charge in [-0.25, -0.2) is 0 Å². The molecule has 2 N–H and O–H groups in total. The number of aryl methyl sites for hydroxylation is 1. The van der Waals surface area contributed by atoms with E-state index in [2.05, 4.69) is 0 Å². The number of rotatable bonds is 0. The Hall–Kier alpha value is -2.62. The van der Waals surface area contributed by atoms with Gasteiger partial charge in [0.2, 0.25) is 5.78 Å². The average molecular weight is 255 g/mol. The average Bonchev–Trinajstić information content (AvgIpc) is 2.34. The molecule has 0 unspecified atom stereocenters. The van der Waals surface area contributed by atoms with Crippen LogP contribution in [0.15, 0.2) is 30.3 Å². The van der Waals surface area contributed by atoms with Crippen LogP contribution in [-0.4, -0.2) is 21.8 Å². The molecule has 19 heavy (non-hydrogen) atoms. The third-order valence-electron chi connectivity index (χ3n) is 3.25. The monoisotopic (exact) mass is 255 g/mol. The van der Waals surface area contributed by atoms with Gasteiger partial charge in [0.1, 0.15) is 11.5 Å². The number of carbonyl (C=O) groups is 2. The second-order valence-corrected chi connectivity index (χ2v) is 4.56. The van der Waals surface area contributed by atoms with Crippen LogP contribution in [0.3, 0.4) is 0 Å². The Bertz CT molecular complexity index is 744. The fourth-order valence-electron chi connectivity index (χ4n) is 2.42. The molecule has 0 spiro atoms. The molecule has 1 aliphatic rings. The molecule has 0 bridgehead atoms. The number of hydrogen-bond acceptors (Lipinski definition) is 4. The Morgan fingerprint density at radius 3 is 2.26 bits per heavy atom. The molecule has 2 aromatic rings. The van der Waals surface area contributed by atoms with Gasteiger partial charge in [-0.2, -0.15) is 0 Å². The topological polar surface area (TPSA) is 74.6 Å². The predicted octanol–water partition coefficient (Wildman–Crippen LogP) is 2.18. The van der Waals surface area contributed by atoms with E-state index in [-0.39, 0.29) is 39.5 Å². The maximum atomic E-state index is 12.3. The van der Waals surface area contributed by atoms with E-state index in [0.717, 1.165) is 0 Å². The highest BCUT2D eigenvalue weighted by molar-refractivity contribution is 6.30. The van der Waals surface area contributed by atoms with Crippen molar-refractivity contribution in [3.05, 3.63) is 58.1 Å². The van der Waals surface area contributed by atoms with Gasteiger partial charge in [0, 0.05) is 11.1 Å². The Labute approximate surface area is 108 Å². The summed E-state index contributed by atoms with van der Waals surface area (Å²) in [7, 11) is 0.